The van der Waals surface area contributed by atoms with E-state index < -0.39 is 9.85 Å². The summed E-state index contributed by atoms with van der Waals surface area (Å²) in [6, 6.07) is 16.4. The van der Waals surface area contributed by atoms with Crippen molar-refractivity contribution in [3.63, 3.8) is 0 Å². The van der Waals surface area contributed by atoms with Crippen molar-refractivity contribution in [3.8, 4) is 22.6 Å². The normalized spacial score (nSPS) is 9.94. The van der Waals surface area contributed by atoms with Gasteiger partial charge >= 0.3 is 0 Å². The van der Waals surface area contributed by atoms with Gasteiger partial charge < -0.3 is 15.2 Å². The number of nitro groups is 2. The number of benzene rings is 3. The second-order valence-corrected chi connectivity index (χ2v) is 6.97. The minimum Gasteiger partial charge on any atom is -0.496 e. The smallest absolute Gasteiger partial charge is 0.270 e. The van der Waals surface area contributed by atoms with Gasteiger partial charge in [0.15, 0.2) is 0 Å². The van der Waals surface area contributed by atoms with Gasteiger partial charge in [0.1, 0.15) is 11.5 Å². The van der Waals surface area contributed by atoms with Crippen LogP contribution in [0.15, 0.2) is 65.1 Å². The summed E-state index contributed by atoms with van der Waals surface area (Å²) in [4.78, 5) is 20.3. The Morgan fingerprint density at radius 1 is 0.839 bits per heavy atom. The van der Waals surface area contributed by atoms with Crippen molar-refractivity contribution in [2.24, 2.45) is 5.73 Å². The van der Waals surface area contributed by atoms with Crippen molar-refractivity contribution in [3.05, 3.63) is 90.9 Å². The number of nitro benzene ring substituents is 2. The molecule has 0 heterocycles. The quantitative estimate of drug-likeness (QED) is 0.376. The number of non-ortho nitro benzene ring substituents is 2. The van der Waals surface area contributed by atoms with Gasteiger partial charge in [0.25, 0.3) is 11.4 Å². The third-order valence-corrected chi connectivity index (χ3v) is 4.86. The molecule has 0 aliphatic rings. The zero-order chi connectivity index (χ0) is 23.0. The Labute approximate surface area is 186 Å². The zero-order valence-corrected chi connectivity index (χ0v) is 18.4. The van der Waals surface area contributed by atoms with E-state index >= 15 is 0 Å². The molecule has 0 aliphatic carbocycles. The summed E-state index contributed by atoms with van der Waals surface area (Å²) < 4.78 is 10.7. The van der Waals surface area contributed by atoms with E-state index in [4.69, 9.17) is 15.2 Å². The van der Waals surface area contributed by atoms with Crippen molar-refractivity contribution < 1.29 is 19.3 Å². The largest absolute Gasteiger partial charge is 0.496 e. The number of hydrogen-bond acceptors (Lipinski definition) is 7. The first-order valence-corrected chi connectivity index (χ1v) is 9.69. The Morgan fingerprint density at radius 3 is 1.81 bits per heavy atom. The Balaban J connectivity index is 0.000000245. The molecule has 162 valence electrons. The number of nitrogens with zero attached hydrogens (tertiary/aromatic N) is 2. The third-order valence-electron chi connectivity index (χ3n) is 4.24. The number of ether oxygens (including phenoxy) is 2. The van der Waals surface area contributed by atoms with Crippen LogP contribution in [0.2, 0.25) is 0 Å². The molecule has 0 saturated carbocycles. The Hall–Kier alpha value is -3.50. The van der Waals surface area contributed by atoms with Gasteiger partial charge in [0, 0.05) is 36.4 Å². The third kappa shape index (κ3) is 6.24. The molecule has 0 atom stereocenters. The number of rotatable bonds is 6. The highest BCUT2D eigenvalue weighted by Gasteiger charge is 2.13. The number of methoxy groups -OCH3 is 2. The molecule has 3 aromatic carbocycles. The van der Waals surface area contributed by atoms with Gasteiger partial charge in [-0.1, -0.05) is 24.3 Å². The fraction of sp³-hybridized carbons (Fsp3) is 0.143. The predicted octanol–water partition coefficient (Wildman–Crippen LogP) is 5.10. The SMILES string of the molecule is COc1ccc([N+](=O)[O-])cc1-c1ccc(CN)cc1.COc1ccc([N+](=O)[O-])cc1Br. The van der Waals surface area contributed by atoms with E-state index in [0.29, 0.717) is 28.1 Å². The topological polar surface area (TPSA) is 131 Å². The van der Waals surface area contributed by atoms with E-state index in [2.05, 4.69) is 15.9 Å². The van der Waals surface area contributed by atoms with E-state index in [-0.39, 0.29) is 11.4 Å². The molecular weight excluding hydrogens is 470 g/mol. The van der Waals surface area contributed by atoms with Crippen molar-refractivity contribution in [2.45, 2.75) is 6.54 Å². The lowest BCUT2D eigenvalue weighted by Gasteiger charge is -2.09. The maximum Gasteiger partial charge on any atom is 0.270 e. The van der Waals surface area contributed by atoms with Crippen LogP contribution in [0.3, 0.4) is 0 Å². The minimum absolute atomic E-state index is 0.0405. The van der Waals surface area contributed by atoms with Gasteiger partial charge in [-0.05, 0) is 39.2 Å². The Kier molecular flexibility index (Phi) is 8.47. The molecule has 0 fully saturated rings. The molecule has 0 unspecified atom stereocenters. The van der Waals surface area contributed by atoms with Crippen LogP contribution in [-0.2, 0) is 6.54 Å². The van der Waals surface area contributed by atoms with Crippen LogP contribution in [0.25, 0.3) is 11.1 Å². The fourth-order valence-corrected chi connectivity index (χ4v) is 3.15. The molecule has 3 aromatic rings. The van der Waals surface area contributed by atoms with Crippen LogP contribution in [0.5, 0.6) is 11.5 Å². The van der Waals surface area contributed by atoms with Crippen molar-refractivity contribution in [1.82, 2.24) is 0 Å². The van der Waals surface area contributed by atoms with Gasteiger partial charge in [0.05, 0.1) is 28.5 Å². The second-order valence-electron chi connectivity index (χ2n) is 6.12. The maximum atomic E-state index is 10.8. The Morgan fingerprint density at radius 2 is 1.35 bits per heavy atom. The van der Waals surface area contributed by atoms with Crippen molar-refractivity contribution >= 4 is 27.3 Å². The standard InChI is InChI=1S/C14H14N2O3.C7H6BrNO3/c1-19-14-7-6-12(16(17)18)8-13(14)11-4-2-10(9-15)3-5-11;1-12-7-3-2-5(9(10)11)4-6(7)8/h2-8H,9,15H2,1H3;2-4H,1H3. The molecule has 0 aliphatic heterocycles. The highest BCUT2D eigenvalue weighted by molar-refractivity contribution is 9.10. The van der Waals surface area contributed by atoms with E-state index in [1.54, 1.807) is 19.2 Å². The van der Waals surface area contributed by atoms with Gasteiger partial charge in [-0.25, -0.2) is 0 Å². The van der Waals surface area contributed by atoms with E-state index in [9.17, 15) is 20.2 Å². The minimum atomic E-state index is -0.454. The summed E-state index contributed by atoms with van der Waals surface area (Å²) >= 11 is 3.15. The summed E-state index contributed by atoms with van der Waals surface area (Å²) in [5, 5.41) is 21.1. The summed E-state index contributed by atoms with van der Waals surface area (Å²) in [5.41, 5.74) is 8.19. The van der Waals surface area contributed by atoms with Gasteiger partial charge in [0.2, 0.25) is 0 Å². The lowest BCUT2D eigenvalue weighted by molar-refractivity contribution is -0.385. The molecule has 0 radical (unpaired) electrons. The van der Waals surface area contributed by atoms with Crippen LogP contribution in [-0.4, -0.2) is 24.1 Å². The van der Waals surface area contributed by atoms with E-state index in [1.165, 1.54) is 31.4 Å². The Bertz CT molecular complexity index is 1070. The summed E-state index contributed by atoms with van der Waals surface area (Å²) in [6.07, 6.45) is 0. The molecule has 0 spiro atoms. The number of hydrogen-bond donors (Lipinski definition) is 1. The maximum absolute atomic E-state index is 10.8. The van der Waals surface area contributed by atoms with Crippen molar-refractivity contribution in [1.29, 1.82) is 0 Å². The molecule has 0 aromatic heterocycles. The monoisotopic (exact) mass is 489 g/mol. The highest BCUT2D eigenvalue weighted by Crippen LogP contribution is 2.33. The second kappa shape index (κ2) is 11.0. The van der Waals surface area contributed by atoms with Crippen LogP contribution in [0.1, 0.15) is 5.56 Å². The van der Waals surface area contributed by atoms with Crippen LogP contribution in [0, 0.1) is 20.2 Å². The van der Waals surface area contributed by atoms with Gasteiger partial charge in [-0.2, -0.15) is 0 Å². The van der Waals surface area contributed by atoms with E-state index in [1.807, 2.05) is 24.3 Å². The first-order valence-electron chi connectivity index (χ1n) is 8.90. The summed E-state index contributed by atoms with van der Waals surface area (Å²) in [6.45, 7) is 0.465. The van der Waals surface area contributed by atoms with Crippen LogP contribution < -0.4 is 15.2 Å². The predicted molar refractivity (Wildman–Crippen MR) is 120 cm³/mol. The molecule has 31 heavy (non-hydrogen) atoms. The highest BCUT2D eigenvalue weighted by atomic mass is 79.9. The molecule has 0 amide bonds. The van der Waals surface area contributed by atoms with Crippen LogP contribution >= 0.6 is 15.9 Å². The molecule has 0 saturated heterocycles. The van der Waals surface area contributed by atoms with E-state index in [0.717, 1.165) is 11.1 Å². The molecule has 9 nitrogen and oxygen atoms in total. The molecule has 2 N–H and O–H groups in total. The zero-order valence-electron chi connectivity index (χ0n) is 16.8. The first-order chi connectivity index (χ1) is 14.8. The van der Waals surface area contributed by atoms with Crippen molar-refractivity contribution in [2.75, 3.05) is 14.2 Å². The molecular formula is C21H20BrN3O6. The van der Waals surface area contributed by atoms with Gasteiger partial charge in [-0.15, -0.1) is 0 Å². The van der Waals surface area contributed by atoms with Crippen LogP contribution in [0.4, 0.5) is 11.4 Å². The summed E-state index contributed by atoms with van der Waals surface area (Å²) in [7, 11) is 3.05. The molecule has 3 rings (SSSR count). The summed E-state index contributed by atoms with van der Waals surface area (Å²) in [5.74, 6) is 1.19. The average Bonchev–Trinajstić information content (AvgIpc) is 2.79. The molecule has 10 heteroatoms. The first kappa shape index (κ1) is 23.8. The molecule has 0 bridgehead atoms. The number of halogens is 1. The lowest BCUT2D eigenvalue weighted by Crippen LogP contribution is -1.96. The fourth-order valence-electron chi connectivity index (χ4n) is 2.62. The number of nitrogens with two attached hydrogens (primary N) is 1. The van der Waals surface area contributed by atoms with Gasteiger partial charge in [-0.3, -0.25) is 20.2 Å². The average molecular weight is 490 g/mol. The lowest BCUT2D eigenvalue weighted by atomic mass is 10.0.